The van der Waals surface area contributed by atoms with Crippen LogP contribution in [0.1, 0.15) is 42.3 Å². The number of hydrogen-bond acceptors (Lipinski definition) is 4. The van der Waals surface area contributed by atoms with Gasteiger partial charge >= 0.3 is 5.97 Å². The van der Waals surface area contributed by atoms with Crippen molar-refractivity contribution < 1.29 is 19.1 Å². The van der Waals surface area contributed by atoms with E-state index in [1.807, 2.05) is 19.9 Å². The molecule has 0 aliphatic heterocycles. The largest absolute Gasteiger partial charge is 0.465 e. The second-order valence-electron chi connectivity index (χ2n) is 6.81. The average Bonchev–Trinajstić information content (AvgIpc) is 2.70. The molecule has 0 unspecified atom stereocenters. The molecule has 0 aromatic heterocycles. The van der Waals surface area contributed by atoms with Crippen molar-refractivity contribution in [2.45, 2.75) is 26.8 Å². The molecule has 6 heteroatoms. The van der Waals surface area contributed by atoms with Crippen LogP contribution in [0, 0.1) is 17.8 Å². The van der Waals surface area contributed by atoms with Crippen LogP contribution in [-0.2, 0) is 14.3 Å². The van der Waals surface area contributed by atoms with E-state index in [1.54, 1.807) is 42.5 Å². The normalized spacial score (nSPS) is 11.1. The number of carbonyl (C=O) groups excluding carboxylic acids is 3. The van der Waals surface area contributed by atoms with Gasteiger partial charge in [-0.15, -0.1) is 0 Å². The monoisotopic (exact) mass is 392 g/mol. The summed E-state index contributed by atoms with van der Waals surface area (Å²) in [5.41, 5.74) is 2.39. The van der Waals surface area contributed by atoms with Gasteiger partial charge in [-0.1, -0.05) is 37.8 Å². The molecule has 29 heavy (non-hydrogen) atoms. The maximum absolute atomic E-state index is 12.5. The van der Waals surface area contributed by atoms with Crippen molar-refractivity contribution >= 4 is 23.5 Å². The minimum Gasteiger partial charge on any atom is -0.465 e. The lowest BCUT2D eigenvalue weighted by Crippen LogP contribution is -2.46. The van der Waals surface area contributed by atoms with Crippen LogP contribution in [-0.4, -0.2) is 30.9 Å². The molecule has 6 nitrogen and oxygen atoms in total. The molecule has 2 amide bonds. The smallest absolute Gasteiger partial charge is 0.337 e. The van der Waals surface area contributed by atoms with Crippen LogP contribution in [0.15, 0.2) is 48.5 Å². The number of benzene rings is 2. The zero-order valence-electron chi connectivity index (χ0n) is 16.9. The third-order valence-electron chi connectivity index (χ3n) is 4.07. The van der Waals surface area contributed by atoms with Gasteiger partial charge in [-0.3, -0.25) is 9.59 Å². The molecular weight excluding hydrogens is 368 g/mol. The number of esters is 1. The van der Waals surface area contributed by atoms with Gasteiger partial charge in [0.1, 0.15) is 6.04 Å². The molecule has 0 saturated heterocycles. The van der Waals surface area contributed by atoms with Crippen LogP contribution in [0.25, 0.3) is 0 Å². The topological polar surface area (TPSA) is 84.5 Å². The van der Waals surface area contributed by atoms with Gasteiger partial charge in [0.25, 0.3) is 0 Å². The first-order valence-electron chi connectivity index (χ1n) is 9.18. The predicted molar refractivity (Wildman–Crippen MR) is 111 cm³/mol. The second-order valence-corrected chi connectivity index (χ2v) is 6.81. The summed E-state index contributed by atoms with van der Waals surface area (Å²) in [6, 6.07) is 13.3. The summed E-state index contributed by atoms with van der Waals surface area (Å²) in [7, 11) is 1.33. The molecule has 2 N–H and O–H groups in total. The highest BCUT2D eigenvalue weighted by molar-refractivity contribution is 5.97. The number of rotatable bonds is 5. The summed E-state index contributed by atoms with van der Waals surface area (Å²) < 4.78 is 4.71. The molecule has 150 valence electrons. The Morgan fingerprint density at radius 1 is 0.966 bits per heavy atom. The molecule has 0 radical (unpaired) electrons. The maximum atomic E-state index is 12.5. The summed E-state index contributed by atoms with van der Waals surface area (Å²) in [4.78, 5) is 35.5. The molecule has 0 aliphatic rings. The number of ether oxygens (including phenoxy) is 1. The second kappa shape index (κ2) is 10.1. The molecule has 2 rings (SSSR count). The summed E-state index contributed by atoms with van der Waals surface area (Å²) in [6.07, 6.45) is 0. The van der Waals surface area contributed by atoms with Crippen molar-refractivity contribution in [2.24, 2.45) is 5.92 Å². The summed E-state index contributed by atoms with van der Waals surface area (Å²) in [6.45, 7) is 5.11. The third kappa shape index (κ3) is 6.51. The lowest BCUT2D eigenvalue weighted by atomic mass is 10.0. The molecule has 0 spiro atoms. The fraction of sp³-hybridized carbons (Fsp3) is 0.261. The van der Waals surface area contributed by atoms with Gasteiger partial charge in [-0.25, -0.2) is 4.79 Å². The standard InChI is InChI=1S/C23H24N2O4/c1-15(2)21(24-16(3)26)22(27)25-20-10-6-8-18(14-20)12-11-17-7-5-9-19(13-17)23(28)29-4/h5-10,13-15,21H,1-4H3,(H,24,26)(H,25,27)/t21-/m0/s1. The van der Waals surface area contributed by atoms with Crippen molar-refractivity contribution in [2.75, 3.05) is 12.4 Å². The Bertz CT molecular complexity index is 970. The Morgan fingerprint density at radius 2 is 1.59 bits per heavy atom. The Morgan fingerprint density at radius 3 is 2.17 bits per heavy atom. The zero-order chi connectivity index (χ0) is 21.4. The number of methoxy groups -OCH3 is 1. The lowest BCUT2D eigenvalue weighted by Gasteiger charge is -2.21. The van der Waals surface area contributed by atoms with E-state index in [4.69, 9.17) is 4.74 Å². The fourth-order valence-electron chi connectivity index (χ4n) is 2.63. The Kier molecular flexibility index (Phi) is 7.55. The maximum Gasteiger partial charge on any atom is 0.337 e. The van der Waals surface area contributed by atoms with E-state index in [1.165, 1.54) is 14.0 Å². The van der Waals surface area contributed by atoms with E-state index >= 15 is 0 Å². The van der Waals surface area contributed by atoms with Crippen LogP contribution < -0.4 is 10.6 Å². The molecule has 0 bridgehead atoms. The van der Waals surface area contributed by atoms with Crippen molar-refractivity contribution in [3.8, 4) is 11.8 Å². The van der Waals surface area contributed by atoms with E-state index in [0.717, 1.165) is 0 Å². The molecule has 0 saturated carbocycles. The molecule has 0 heterocycles. The first-order valence-corrected chi connectivity index (χ1v) is 9.18. The van der Waals surface area contributed by atoms with Crippen molar-refractivity contribution in [3.63, 3.8) is 0 Å². The van der Waals surface area contributed by atoms with Crippen LogP contribution >= 0.6 is 0 Å². The van der Waals surface area contributed by atoms with Gasteiger partial charge in [0.15, 0.2) is 0 Å². The quantitative estimate of drug-likeness (QED) is 0.605. The van der Waals surface area contributed by atoms with Gasteiger partial charge in [-0.05, 0) is 42.3 Å². The van der Waals surface area contributed by atoms with Crippen LogP contribution in [0.2, 0.25) is 0 Å². The average molecular weight is 392 g/mol. The van der Waals surface area contributed by atoms with Crippen molar-refractivity contribution in [1.29, 1.82) is 0 Å². The van der Waals surface area contributed by atoms with Gasteiger partial charge in [0.2, 0.25) is 11.8 Å². The minimum atomic E-state index is -0.622. The molecule has 2 aromatic carbocycles. The first kappa shape index (κ1) is 21.7. The summed E-state index contributed by atoms with van der Waals surface area (Å²) in [5.74, 6) is 5.01. The summed E-state index contributed by atoms with van der Waals surface area (Å²) in [5, 5.41) is 5.48. The Hall–Kier alpha value is -3.59. The van der Waals surface area contributed by atoms with E-state index in [2.05, 4.69) is 22.5 Å². The van der Waals surface area contributed by atoms with Gasteiger partial charge < -0.3 is 15.4 Å². The highest BCUT2D eigenvalue weighted by atomic mass is 16.5. The Labute approximate surface area is 170 Å². The van der Waals surface area contributed by atoms with Crippen molar-refractivity contribution in [1.82, 2.24) is 5.32 Å². The number of nitrogens with one attached hydrogen (secondary N) is 2. The van der Waals surface area contributed by atoms with E-state index in [0.29, 0.717) is 22.4 Å². The number of anilines is 1. The van der Waals surface area contributed by atoms with Gasteiger partial charge in [0, 0.05) is 23.7 Å². The van der Waals surface area contributed by atoms with E-state index < -0.39 is 12.0 Å². The lowest BCUT2D eigenvalue weighted by molar-refractivity contribution is -0.126. The van der Waals surface area contributed by atoms with Crippen LogP contribution in [0.3, 0.4) is 0 Å². The van der Waals surface area contributed by atoms with E-state index in [9.17, 15) is 14.4 Å². The number of hydrogen-bond donors (Lipinski definition) is 2. The molecule has 0 fully saturated rings. The van der Waals surface area contributed by atoms with Crippen molar-refractivity contribution in [3.05, 3.63) is 65.2 Å². The minimum absolute atomic E-state index is 0.0519. The van der Waals surface area contributed by atoms with Gasteiger partial charge in [0.05, 0.1) is 12.7 Å². The SMILES string of the molecule is COC(=O)c1cccc(C#Cc2cccc(NC(=O)[C@@H](NC(C)=O)C(C)C)c2)c1. The molecule has 1 atom stereocenters. The zero-order valence-corrected chi connectivity index (χ0v) is 16.9. The summed E-state index contributed by atoms with van der Waals surface area (Å²) >= 11 is 0. The Balaban J connectivity index is 2.16. The highest BCUT2D eigenvalue weighted by Crippen LogP contribution is 2.13. The molecular formula is C23H24N2O4. The van der Waals surface area contributed by atoms with E-state index in [-0.39, 0.29) is 17.7 Å². The number of carbonyl (C=O) groups is 3. The fourth-order valence-corrected chi connectivity index (χ4v) is 2.63. The number of amides is 2. The van der Waals surface area contributed by atoms with Crippen LogP contribution in [0.5, 0.6) is 0 Å². The van der Waals surface area contributed by atoms with Gasteiger partial charge in [-0.2, -0.15) is 0 Å². The highest BCUT2D eigenvalue weighted by Gasteiger charge is 2.22. The first-order chi connectivity index (χ1) is 13.8. The molecule has 2 aromatic rings. The van der Waals surface area contributed by atoms with Crippen LogP contribution in [0.4, 0.5) is 5.69 Å². The third-order valence-corrected chi connectivity index (χ3v) is 4.07. The predicted octanol–water partition coefficient (Wildman–Crippen LogP) is 2.97. The molecule has 0 aliphatic carbocycles.